The van der Waals surface area contributed by atoms with E-state index in [1.807, 2.05) is 39.0 Å². The Bertz CT molecular complexity index is 374. The molecule has 0 heterocycles. The summed E-state index contributed by atoms with van der Waals surface area (Å²) in [4.78, 5) is 13.9. The van der Waals surface area contributed by atoms with Gasteiger partial charge < -0.3 is 10.6 Å². The number of carbonyl (C=O) groups is 1. The van der Waals surface area contributed by atoms with Crippen LogP contribution < -0.4 is 5.73 Å². The molecule has 0 bridgehead atoms. The molecular weight excluding hydrogens is 200 g/mol. The lowest BCUT2D eigenvalue weighted by atomic mass is 10.1. The molecular formula is C13H20N2O. The monoisotopic (exact) mass is 220 g/mol. The second kappa shape index (κ2) is 5.66. The number of nitrogens with zero attached hydrogens (tertiary/aromatic N) is 1. The van der Waals surface area contributed by atoms with Crippen molar-refractivity contribution in [1.82, 2.24) is 4.90 Å². The first kappa shape index (κ1) is 12.7. The summed E-state index contributed by atoms with van der Waals surface area (Å²) in [6.45, 7) is 7.84. The van der Waals surface area contributed by atoms with Gasteiger partial charge in [0.2, 0.25) is 0 Å². The van der Waals surface area contributed by atoms with E-state index in [1.165, 1.54) is 5.56 Å². The van der Waals surface area contributed by atoms with Crippen LogP contribution in [0.2, 0.25) is 0 Å². The van der Waals surface area contributed by atoms with E-state index in [-0.39, 0.29) is 5.91 Å². The fraction of sp³-hybridized carbons (Fsp3) is 0.462. The van der Waals surface area contributed by atoms with Crippen LogP contribution in [0.25, 0.3) is 0 Å². The van der Waals surface area contributed by atoms with Gasteiger partial charge in [-0.15, -0.1) is 0 Å². The molecule has 0 aliphatic carbocycles. The molecule has 0 unspecified atom stereocenters. The Morgan fingerprint density at radius 2 is 2.00 bits per heavy atom. The third-order valence-corrected chi connectivity index (χ3v) is 2.82. The summed E-state index contributed by atoms with van der Waals surface area (Å²) in [5, 5.41) is 0. The minimum atomic E-state index is 0.0658. The maximum Gasteiger partial charge on any atom is 0.253 e. The summed E-state index contributed by atoms with van der Waals surface area (Å²) >= 11 is 0. The molecule has 16 heavy (non-hydrogen) atoms. The average molecular weight is 220 g/mol. The molecule has 0 fully saturated rings. The van der Waals surface area contributed by atoms with Crippen LogP contribution in [-0.2, 0) is 0 Å². The average Bonchev–Trinajstić information content (AvgIpc) is 2.28. The van der Waals surface area contributed by atoms with E-state index in [2.05, 4.69) is 0 Å². The molecule has 1 rings (SSSR count). The van der Waals surface area contributed by atoms with Crippen LogP contribution in [0.4, 0.5) is 0 Å². The van der Waals surface area contributed by atoms with Crippen molar-refractivity contribution >= 4 is 5.91 Å². The van der Waals surface area contributed by atoms with Crippen LogP contribution in [0, 0.1) is 13.8 Å². The van der Waals surface area contributed by atoms with Crippen LogP contribution in [0.1, 0.15) is 28.4 Å². The first-order chi connectivity index (χ1) is 7.60. The topological polar surface area (TPSA) is 46.3 Å². The molecule has 0 spiro atoms. The fourth-order valence-corrected chi connectivity index (χ4v) is 1.62. The maximum absolute atomic E-state index is 12.1. The van der Waals surface area contributed by atoms with E-state index in [0.29, 0.717) is 19.6 Å². The quantitative estimate of drug-likeness (QED) is 0.840. The SMILES string of the molecule is CCN(CCN)C(=O)c1ccc(C)c(C)c1. The van der Waals surface area contributed by atoms with Gasteiger partial charge in [-0.1, -0.05) is 6.07 Å². The Morgan fingerprint density at radius 1 is 1.31 bits per heavy atom. The van der Waals surface area contributed by atoms with Gasteiger partial charge in [-0.05, 0) is 44.0 Å². The van der Waals surface area contributed by atoms with Gasteiger partial charge in [0.1, 0.15) is 0 Å². The zero-order chi connectivity index (χ0) is 12.1. The molecule has 0 saturated heterocycles. The fourth-order valence-electron chi connectivity index (χ4n) is 1.62. The van der Waals surface area contributed by atoms with E-state index in [4.69, 9.17) is 5.73 Å². The van der Waals surface area contributed by atoms with Gasteiger partial charge in [0, 0.05) is 25.2 Å². The lowest BCUT2D eigenvalue weighted by molar-refractivity contribution is 0.0769. The van der Waals surface area contributed by atoms with E-state index in [0.717, 1.165) is 11.1 Å². The summed E-state index contributed by atoms with van der Waals surface area (Å²) in [5.41, 5.74) is 8.58. The van der Waals surface area contributed by atoms with E-state index >= 15 is 0 Å². The summed E-state index contributed by atoms with van der Waals surface area (Å²) in [6, 6.07) is 5.81. The first-order valence-corrected chi connectivity index (χ1v) is 5.66. The van der Waals surface area contributed by atoms with Crippen LogP contribution in [0.5, 0.6) is 0 Å². The van der Waals surface area contributed by atoms with Crippen molar-refractivity contribution in [3.8, 4) is 0 Å². The predicted octanol–water partition coefficient (Wildman–Crippen LogP) is 1.72. The molecule has 0 aliphatic heterocycles. The number of rotatable bonds is 4. The third-order valence-electron chi connectivity index (χ3n) is 2.82. The van der Waals surface area contributed by atoms with E-state index in [1.54, 1.807) is 4.90 Å². The molecule has 0 radical (unpaired) electrons. The van der Waals surface area contributed by atoms with Gasteiger partial charge in [-0.25, -0.2) is 0 Å². The summed E-state index contributed by atoms with van der Waals surface area (Å²) in [6.07, 6.45) is 0. The Morgan fingerprint density at radius 3 is 2.50 bits per heavy atom. The van der Waals surface area contributed by atoms with Crippen LogP contribution >= 0.6 is 0 Å². The number of amides is 1. The van der Waals surface area contributed by atoms with Crippen molar-refractivity contribution < 1.29 is 4.79 Å². The Kier molecular flexibility index (Phi) is 4.50. The van der Waals surface area contributed by atoms with E-state index in [9.17, 15) is 4.79 Å². The van der Waals surface area contributed by atoms with Crippen molar-refractivity contribution in [2.75, 3.05) is 19.6 Å². The standard InChI is InChI=1S/C13H20N2O/c1-4-15(8-7-14)13(16)12-6-5-10(2)11(3)9-12/h5-6,9H,4,7-8,14H2,1-3H3. The normalized spacial score (nSPS) is 10.2. The number of benzene rings is 1. The predicted molar refractivity (Wildman–Crippen MR) is 66.5 cm³/mol. The van der Waals surface area contributed by atoms with Gasteiger partial charge >= 0.3 is 0 Å². The van der Waals surface area contributed by atoms with Gasteiger partial charge in [-0.2, -0.15) is 0 Å². The Balaban J connectivity index is 2.90. The summed E-state index contributed by atoms with van der Waals surface area (Å²) in [5.74, 6) is 0.0658. The Hall–Kier alpha value is -1.35. The molecule has 3 nitrogen and oxygen atoms in total. The molecule has 0 aromatic heterocycles. The second-order valence-corrected chi connectivity index (χ2v) is 3.97. The largest absolute Gasteiger partial charge is 0.338 e. The number of nitrogens with two attached hydrogens (primary N) is 1. The molecule has 88 valence electrons. The number of hydrogen-bond acceptors (Lipinski definition) is 2. The molecule has 0 aliphatic rings. The number of hydrogen-bond donors (Lipinski definition) is 1. The smallest absolute Gasteiger partial charge is 0.253 e. The van der Waals surface area contributed by atoms with Gasteiger partial charge in [0.05, 0.1) is 0 Å². The van der Waals surface area contributed by atoms with Crippen LogP contribution in [0.15, 0.2) is 18.2 Å². The van der Waals surface area contributed by atoms with Crippen molar-refractivity contribution in [3.63, 3.8) is 0 Å². The van der Waals surface area contributed by atoms with Crippen LogP contribution in [0.3, 0.4) is 0 Å². The highest BCUT2D eigenvalue weighted by Crippen LogP contribution is 2.11. The highest BCUT2D eigenvalue weighted by Gasteiger charge is 2.13. The van der Waals surface area contributed by atoms with Gasteiger partial charge in [0.25, 0.3) is 5.91 Å². The van der Waals surface area contributed by atoms with Crippen molar-refractivity contribution in [1.29, 1.82) is 0 Å². The minimum Gasteiger partial charge on any atom is -0.338 e. The first-order valence-electron chi connectivity index (χ1n) is 5.66. The van der Waals surface area contributed by atoms with Crippen molar-refractivity contribution in [2.24, 2.45) is 5.73 Å². The van der Waals surface area contributed by atoms with Crippen LogP contribution in [-0.4, -0.2) is 30.4 Å². The number of aryl methyl sites for hydroxylation is 2. The summed E-state index contributed by atoms with van der Waals surface area (Å²) < 4.78 is 0. The molecule has 0 saturated carbocycles. The zero-order valence-electron chi connectivity index (χ0n) is 10.3. The molecule has 3 heteroatoms. The molecule has 1 aromatic carbocycles. The third kappa shape index (κ3) is 2.83. The van der Waals surface area contributed by atoms with Crippen molar-refractivity contribution in [2.45, 2.75) is 20.8 Å². The highest BCUT2D eigenvalue weighted by atomic mass is 16.2. The van der Waals surface area contributed by atoms with E-state index < -0.39 is 0 Å². The zero-order valence-corrected chi connectivity index (χ0v) is 10.3. The summed E-state index contributed by atoms with van der Waals surface area (Å²) in [7, 11) is 0. The molecule has 1 aromatic rings. The lowest BCUT2D eigenvalue weighted by Crippen LogP contribution is -2.35. The molecule has 0 atom stereocenters. The van der Waals surface area contributed by atoms with Crippen molar-refractivity contribution in [3.05, 3.63) is 34.9 Å². The Labute approximate surface area is 97.2 Å². The number of carbonyl (C=O) groups excluding carboxylic acids is 1. The minimum absolute atomic E-state index is 0.0658. The van der Waals surface area contributed by atoms with Gasteiger partial charge in [0.15, 0.2) is 0 Å². The van der Waals surface area contributed by atoms with Gasteiger partial charge in [-0.3, -0.25) is 4.79 Å². The molecule has 1 amide bonds. The maximum atomic E-state index is 12.1. The second-order valence-electron chi connectivity index (χ2n) is 3.97. The molecule has 2 N–H and O–H groups in total. The highest BCUT2D eigenvalue weighted by molar-refractivity contribution is 5.94. The number of likely N-dealkylation sites (N-methyl/N-ethyl adjacent to an activating group) is 1. The lowest BCUT2D eigenvalue weighted by Gasteiger charge is -2.20.